The summed E-state index contributed by atoms with van der Waals surface area (Å²) in [7, 11) is 0. The zero-order valence-corrected chi connectivity index (χ0v) is 42.7. The van der Waals surface area contributed by atoms with Crippen LogP contribution in [0.4, 0.5) is 33.4 Å². The Labute approximate surface area is 390 Å². The van der Waals surface area contributed by atoms with Gasteiger partial charge in [-0.2, -0.15) is 0 Å². The molecule has 330 valence electrons. The Morgan fingerprint density at radius 2 is 1.05 bits per heavy atom. The average molecular weight is 863 g/mol. The lowest BCUT2D eigenvalue weighted by Crippen LogP contribution is -2.62. The van der Waals surface area contributed by atoms with Crippen LogP contribution in [0.3, 0.4) is 0 Å². The topological polar surface area (TPSA) is 6.48 Å². The van der Waals surface area contributed by atoms with Gasteiger partial charge in [-0.3, -0.25) is 0 Å². The van der Waals surface area contributed by atoms with Gasteiger partial charge in [0.05, 0.1) is 10.7 Å². The van der Waals surface area contributed by atoms with Crippen molar-refractivity contribution in [3.05, 3.63) is 135 Å². The first-order valence-corrected chi connectivity index (χ1v) is 25.0. The van der Waals surface area contributed by atoms with Crippen LogP contribution in [0.2, 0.25) is 0 Å². The summed E-state index contributed by atoms with van der Waals surface area (Å²) in [5.41, 5.74) is 23.8. The van der Waals surface area contributed by atoms with Crippen LogP contribution in [0.15, 0.2) is 91.0 Å². The molecule has 5 aromatic carbocycles. The van der Waals surface area contributed by atoms with E-state index >= 15 is 0 Å². The first-order valence-electron chi connectivity index (χ1n) is 24.2. The van der Waals surface area contributed by atoms with Gasteiger partial charge in [-0.15, -0.1) is 11.3 Å². The molecule has 4 aliphatic rings. The van der Waals surface area contributed by atoms with Crippen molar-refractivity contribution < 1.29 is 0 Å². The molecule has 3 heterocycles. The van der Waals surface area contributed by atoms with Gasteiger partial charge in [0.25, 0.3) is 6.71 Å². The van der Waals surface area contributed by atoms with Crippen molar-refractivity contribution in [1.29, 1.82) is 0 Å². The monoisotopic (exact) mass is 863 g/mol. The van der Waals surface area contributed by atoms with Gasteiger partial charge in [0.1, 0.15) is 0 Å². The van der Waals surface area contributed by atoms with Crippen molar-refractivity contribution in [2.75, 3.05) is 9.80 Å². The van der Waals surface area contributed by atoms with E-state index in [9.17, 15) is 0 Å². The van der Waals surface area contributed by atoms with Crippen molar-refractivity contribution in [2.24, 2.45) is 0 Å². The van der Waals surface area contributed by atoms with Crippen molar-refractivity contribution in [1.82, 2.24) is 0 Å². The van der Waals surface area contributed by atoms with Crippen molar-refractivity contribution in [2.45, 2.75) is 169 Å². The van der Waals surface area contributed by atoms with Gasteiger partial charge >= 0.3 is 0 Å². The van der Waals surface area contributed by atoms with Crippen molar-refractivity contribution in [3.63, 3.8) is 0 Å². The molecule has 0 amide bonds. The Morgan fingerprint density at radius 3 is 1.67 bits per heavy atom. The van der Waals surface area contributed by atoms with Gasteiger partial charge in [-0.25, -0.2) is 0 Å². The van der Waals surface area contributed by atoms with E-state index in [4.69, 9.17) is 0 Å². The molecule has 2 nitrogen and oxygen atoms in total. The van der Waals surface area contributed by atoms with E-state index in [2.05, 4.69) is 223 Å². The van der Waals surface area contributed by atoms with Crippen LogP contribution >= 0.6 is 11.3 Å². The lowest BCUT2D eigenvalue weighted by Gasteiger charge is -2.47. The number of hydrogen-bond acceptors (Lipinski definition) is 3. The summed E-state index contributed by atoms with van der Waals surface area (Å²) in [6.07, 6.45) is 4.77. The summed E-state index contributed by atoms with van der Waals surface area (Å²) in [5, 5.41) is 1.42. The smallest absolute Gasteiger partial charge is 0.253 e. The molecule has 1 aromatic heterocycles. The highest BCUT2D eigenvalue weighted by molar-refractivity contribution is 7.20. The summed E-state index contributed by atoms with van der Waals surface area (Å²) in [6, 6.07) is 36.2. The number of nitrogens with zero attached hydrogens (tertiary/aromatic N) is 2. The summed E-state index contributed by atoms with van der Waals surface area (Å²) < 4.78 is 0. The van der Waals surface area contributed by atoms with Gasteiger partial charge in [-0.05, 0) is 169 Å². The zero-order valence-electron chi connectivity index (χ0n) is 41.9. The standard InChI is InChI=1S/C60H71BN2S/c1-36-30-40(55(3,4)5)23-25-45(36)62-46-24-22-39(38-20-18-17-19-21-38)32-44(46)61-51-48(62)33-41(56(6,7)8)34-49(51)63(54-52(61)50-53(64-54)60(15,16)29-28-59(50,13)14)47-35-43-42(31-37(47)2)57(9,10)26-27-58(43,11)12/h17-25,30-35H,26-29H2,1-16H3. The van der Waals surface area contributed by atoms with Crippen LogP contribution < -0.4 is 26.2 Å². The van der Waals surface area contributed by atoms with Crippen LogP contribution in [0, 0.1) is 13.8 Å². The molecule has 0 saturated carbocycles. The quantitative estimate of drug-likeness (QED) is 0.163. The van der Waals surface area contributed by atoms with Gasteiger partial charge in [0.2, 0.25) is 0 Å². The SMILES string of the molecule is Cc1cc(C(C)(C)C)ccc1N1c2ccc(-c3ccccc3)cc2B2c3c1cc(C(C)(C)C)cc3N(c1cc3c(cc1C)C(C)(C)CCC3(C)C)c1sc3c(c12)C(C)(C)CCC3(C)C. The van der Waals surface area contributed by atoms with E-state index in [1.54, 1.807) is 10.4 Å². The highest BCUT2D eigenvalue weighted by atomic mass is 32.1. The fourth-order valence-corrected chi connectivity index (χ4v) is 13.6. The van der Waals surface area contributed by atoms with Gasteiger partial charge in [0.15, 0.2) is 0 Å². The number of anilines is 6. The zero-order chi connectivity index (χ0) is 45.8. The van der Waals surface area contributed by atoms with Crippen molar-refractivity contribution in [3.8, 4) is 11.1 Å². The van der Waals surface area contributed by atoms with Crippen LogP contribution in [0.5, 0.6) is 0 Å². The molecule has 0 spiro atoms. The minimum absolute atomic E-state index is 0.0221. The highest BCUT2D eigenvalue weighted by Crippen LogP contribution is 2.57. The molecule has 0 fully saturated rings. The Hall–Kier alpha value is -4.54. The van der Waals surface area contributed by atoms with Crippen LogP contribution in [0.25, 0.3) is 11.1 Å². The Balaban J connectivity index is 1.38. The molecule has 2 aliphatic heterocycles. The lowest BCUT2D eigenvalue weighted by atomic mass is 9.32. The summed E-state index contributed by atoms with van der Waals surface area (Å²) in [5.74, 6) is 0. The summed E-state index contributed by atoms with van der Waals surface area (Å²) in [4.78, 5) is 7.04. The Kier molecular flexibility index (Phi) is 9.48. The number of rotatable bonds is 3. The highest BCUT2D eigenvalue weighted by Gasteiger charge is 2.52. The van der Waals surface area contributed by atoms with E-state index in [-0.39, 0.29) is 39.2 Å². The number of aryl methyl sites for hydroxylation is 2. The number of benzene rings is 5. The van der Waals surface area contributed by atoms with Gasteiger partial charge < -0.3 is 9.80 Å². The second kappa shape index (κ2) is 14.0. The molecule has 0 radical (unpaired) electrons. The third-order valence-electron chi connectivity index (χ3n) is 16.3. The third kappa shape index (κ3) is 6.53. The maximum atomic E-state index is 2.79. The fourth-order valence-electron chi connectivity index (χ4n) is 11.9. The number of thiophene rings is 1. The Bertz CT molecular complexity index is 2890. The average Bonchev–Trinajstić information content (AvgIpc) is 3.64. The van der Waals surface area contributed by atoms with Gasteiger partial charge in [0, 0.05) is 27.6 Å². The number of hydrogen-bond donors (Lipinski definition) is 0. The Morgan fingerprint density at radius 1 is 0.484 bits per heavy atom. The summed E-state index contributed by atoms with van der Waals surface area (Å²) >= 11 is 2.11. The largest absolute Gasteiger partial charge is 0.311 e. The molecule has 64 heavy (non-hydrogen) atoms. The van der Waals surface area contributed by atoms with E-state index in [0.717, 1.165) is 0 Å². The summed E-state index contributed by atoms with van der Waals surface area (Å²) in [6.45, 7) is 39.0. The molecular weight excluding hydrogens is 792 g/mol. The van der Waals surface area contributed by atoms with Crippen LogP contribution in [-0.4, -0.2) is 6.71 Å². The number of fused-ring (bicyclic) bond motifs is 7. The molecule has 0 N–H and O–H groups in total. The first kappa shape index (κ1) is 43.4. The molecule has 0 unspecified atom stereocenters. The molecule has 2 aliphatic carbocycles. The minimum Gasteiger partial charge on any atom is -0.311 e. The van der Waals surface area contributed by atoms with E-state index < -0.39 is 0 Å². The second-order valence-electron chi connectivity index (χ2n) is 24.9. The minimum atomic E-state index is -0.0865. The fraction of sp³-hybridized carbons (Fsp3) is 0.433. The predicted octanol–water partition coefficient (Wildman–Crippen LogP) is 15.4. The first-order chi connectivity index (χ1) is 29.8. The molecular formula is C60H71BN2S. The predicted molar refractivity (Wildman–Crippen MR) is 281 cm³/mol. The van der Waals surface area contributed by atoms with Crippen molar-refractivity contribution >= 4 is 67.9 Å². The lowest BCUT2D eigenvalue weighted by molar-refractivity contribution is 0.332. The maximum Gasteiger partial charge on any atom is 0.253 e. The van der Waals surface area contributed by atoms with E-state index in [1.165, 1.54) is 120 Å². The van der Waals surface area contributed by atoms with E-state index in [0.29, 0.717) is 0 Å². The molecule has 0 atom stereocenters. The molecule has 4 heteroatoms. The maximum absolute atomic E-state index is 2.79. The van der Waals surface area contributed by atoms with Crippen LogP contribution in [-0.2, 0) is 32.5 Å². The molecule has 10 rings (SSSR count). The molecule has 0 bridgehead atoms. The molecule has 6 aromatic rings. The van der Waals surface area contributed by atoms with E-state index in [1.807, 2.05) is 0 Å². The molecule has 0 saturated heterocycles. The van der Waals surface area contributed by atoms with Gasteiger partial charge in [-0.1, -0.05) is 158 Å². The van der Waals surface area contributed by atoms with Crippen LogP contribution in [0.1, 0.15) is 166 Å². The third-order valence-corrected chi connectivity index (χ3v) is 17.8. The second-order valence-corrected chi connectivity index (χ2v) is 25.9. The normalized spacial score (nSPS) is 18.8.